The molecular weight excluding hydrogens is 318 g/mol. The Hall–Kier alpha value is -2.41. The van der Waals surface area contributed by atoms with Gasteiger partial charge in [-0.15, -0.1) is 5.10 Å². The Morgan fingerprint density at radius 3 is 2.80 bits per heavy atom. The topological polar surface area (TPSA) is 81.1 Å². The predicted octanol–water partition coefficient (Wildman–Crippen LogP) is 1.92. The third-order valence-corrected chi connectivity index (χ3v) is 4.27. The van der Waals surface area contributed by atoms with Gasteiger partial charge in [0.05, 0.1) is 18.8 Å². The van der Waals surface area contributed by atoms with Crippen molar-refractivity contribution in [1.29, 1.82) is 0 Å². The molecule has 1 aromatic carbocycles. The molecule has 1 aliphatic rings. The van der Waals surface area contributed by atoms with Crippen LogP contribution >= 0.6 is 0 Å². The van der Waals surface area contributed by atoms with Gasteiger partial charge in [0.1, 0.15) is 5.75 Å². The normalized spacial score (nSPS) is 15.1. The molecule has 0 atom stereocenters. The van der Waals surface area contributed by atoms with Crippen LogP contribution in [0.1, 0.15) is 48.3 Å². The number of amides is 1. The summed E-state index contributed by atoms with van der Waals surface area (Å²) in [4.78, 5) is 12.3. The fourth-order valence-corrected chi connectivity index (χ4v) is 2.83. The van der Waals surface area contributed by atoms with E-state index in [4.69, 9.17) is 4.74 Å². The molecule has 2 heterocycles. The van der Waals surface area contributed by atoms with E-state index < -0.39 is 0 Å². The van der Waals surface area contributed by atoms with Crippen LogP contribution in [-0.4, -0.2) is 40.6 Å². The second-order valence-corrected chi connectivity index (χ2v) is 6.24. The molecule has 3 rings (SSSR count). The van der Waals surface area contributed by atoms with E-state index in [0.717, 1.165) is 43.7 Å². The van der Waals surface area contributed by atoms with E-state index in [1.165, 1.54) is 0 Å². The standard InChI is InChI=1S/C18H25N5O2/c1-2-11-25-16-5-3-14(4-6-16)12-20-18(24)17-13-23(22-21-17)15-7-9-19-10-8-15/h3-6,13,15,19H,2,7-12H2,1H3,(H,20,24). The SMILES string of the molecule is CCCOc1ccc(CNC(=O)c2cn(C3CCNCC3)nn2)cc1. The minimum atomic E-state index is -0.202. The van der Waals surface area contributed by atoms with Gasteiger partial charge >= 0.3 is 0 Å². The zero-order valence-corrected chi connectivity index (χ0v) is 14.6. The van der Waals surface area contributed by atoms with Gasteiger partial charge in [-0.3, -0.25) is 4.79 Å². The molecule has 7 nitrogen and oxygen atoms in total. The van der Waals surface area contributed by atoms with Gasteiger partial charge in [0.15, 0.2) is 5.69 Å². The van der Waals surface area contributed by atoms with Gasteiger partial charge in [-0.25, -0.2) is 4.68 Å². The first-order valence-corrected chi connectivity index (χ1v) is 8.88. The Balaban J connectivity index is 1.51. The van der Waals surface area contributed by atoms with Crippen molar-refractivity contribution in [1.82, 2.24) is 25.6 Å². The number of aromatic nitrogens is 3. The van der Waals surface area contributed by atoms with Crippen LogP contribution in [0.4, 0.5) is 0 Å². The lowest BCUT2D eigenvalue weighted by Gasteiger charge is -2.22. The van der Waals surface area contributed by atoms with Crippen molar-refractivity contribution >= 4 is 5.91 Å². The monoisotopic (exact) mass is 343 g/mol. The van der Waals surface area contributed by atoms with Crippen LogP contribution in [0.15, 0.2) is 30.5 Å². The van der Waals surface area contributed by atoms with Crippen LogP contribution in [0.5, 0.6) is 5.75 Å². The van der Waals surface area contributed by atoms with E-state index >= 15 is 0 Å². The third kappa shape index (κ3) is 4.79. The molecule has 0 aliphatic carbocycles. The fourth-order valence-electron chi connectivity index (χ4n) is 2.83. The largest absolute Gasteiger partial charge is 0.494 e. The smallest absolute Gasteiger partial charge is 0.273 e. The molecule has 1 saturated heterocycles. The van der Waals surface area contributed by atoms with E-state index in [9.17, 15) is 4.79 Å². The first-order chi connectivity index (χ1) is 12.3. The van der Waals surface area contributed by atoms with Crippen LogP contribution in [-0.2, 0) is 6.54 Å². The van der Waals surface area contributed by atoms with Crippen molar-refractivity contribution in [3.8, 4) is 5.75 Å². The Kier molecular flexibility index (Phi) is 6.00. The molecule has 0 saturated carbocycles. The Morgan fingerprint density at radius 2 is 2.08 bits per heavy atom. The summed E-state index contributed by atoms with van der Waals surface area (Å²) >= 11 is 0. The average molecular weight is 343 g/mol. The van der Waals surface area contributed by atoms with E-state index in [2.05, 4.69) is 27.9 Å². The molecule has 1 fully saturated rings. The van der Waals surface area contributed by atoms with Crippen molar-refractivity contribution in [2.24, 2.45) is 0 Å². The summed E-state index contributed by atoms with van der Waals surface area (Å²) in [6.07, 6.45) is 4.75. The summed E-state index contributed by atoms with van der Waals surface area (Å²) in [5.41, 5.74) is 1.38. The van der Waals surface area contributed by atoms with E-state index in [1.54, 1.807) is 6.20 Å². The molecule has 0 bridgehead atoms. The zero-order chi connectivity index (χ0) is 17.5. The summed E-state index contributed by atoms with van der Waals surface area (Å²) in [7, 11) is 0. The maximum Gasteiger partial charge on any atom is 0.273 e. The minimum absolute atomic E-state index is 0.202. The summed E-state index contributed by atoms with van der Waals surface area (Å²) in [5.74, 6) is 0.647. The summed E-state index contributed by atoms with van der Waals surface area (Å²) in [5, 5.41) is 14.3. The number of carbonyl (C=O) groups is 1. The fraction of sp³-hybridized carbons (Fsp3) is 0.500. The van der Waals surface area contributed by atoms with Crippen LogP contribution < -0.4 is 15.4 Å². The highest BCUT2D eigenvalue weighted by Gasteiger charge is 2.18. The van der Waals surface area contributed by atoms with Crippen LogP contribution in [0.25, 0.3) is 0 Å². The van der Waals surface area contributed by atoms with Gasteiger partial charge < -0.3 is 15.4 Å². The number of hydrogen-bond acceptors (Lipinski definition) is 5. The first-order valence-electron chi connectivity index (χ1n) is 8.88. The molecule has 2 N–H and O–H groups in total. The van der Waals surface area contributed by atoms with Crippen molar-refractivity contribution < 1.29 is 9.53 Å². The molecule has 1 aliphatic heterocycles. The Labute approximate surface area is 147 Å². The van der Waals surface area contributed by atoms with E-state index in [-0.39, 0.29) is 5.91 Å². The van der Waals surface area contributed by atoms with Crippen molar-refractivity contribution in [2.75, 3.05) is 19.7 Å². The van der Waals surface area contributed by atoms with Gasteiger partial charge in [-0.2, -0.15) is 0 Å². The molecule has 0 radical (unpaired) electrons. The maximum absolute atomic E-state index is 12.3. The number of carbonyl (C=O) groups excluding carboxylic acids is 1. The number of piperidine rings is 1. The molecular formula is C18H25N5O2. The number of rotatable bonds is 7. The van der Waals surface area contributed by atoms with Crippen LogP contribution in [0, 0.1) is 0 Å². The molecule has 0 spiro atoms. The van der Waals surface area contributed by atoms with E-state index in [1.807, 2.05) is 28.9 Å². The molecule has 134 valence electrons. The summed E-state index contributed by atoms with van der Waals surface area (Å²) < 4.78 is 7.37. The van der Waals surface area contributed by atoms with Crippen LogP contribution in [0.3, 0.4) is 0 Å². The lowest BCUT2D eigenvalue weighted by Crippen LogP contribution is -2.29. The molecule has 7 heteroatoms. The first kappa shape index (κ1) is 17.4. The maximum atomic E-state index is 12.3. The van der Waals surface area contributed by atoms with Crippen LogP contribution in [0.2, 0.25) is 0 Å². The highest BCUT2D eigenvalue weighted by molar-refractivity contribution is 5.91. The highest BCUT2D eigenvalue weighted by atomic mass is 16.5. The van der Waals surface area contributed by atoms with Gasteiger partial charge in [0.25, 0.3) is 5.91 Å². The van der Waals surface area contributed by atoms with Crippen molar-refractivity contribution in [3.05, 3.63) is 41.7 Å². The molecule has 2 aromatic rings. The second kappa shape index (κ2) is 8.62. The lowest BCUT2D eigenvalue weighted by molar-refractivity contribution is 0.0946. The molecule has 1 aromatic heterocycles. The highest BCUT2D eigenvalue weighted by Crippen LogP contribution is 2.17. The van der Waals surface area contributed by atoms with Gasteiger partial charge in [0.2, 0.25) is 0 Å². The number of ether oxygens (including phenoxy) is 1. The third-order valence-electron chi connectivity index (χ3n) is 4.27. The summed E-state index contributed by atoms with van der Waals surface area (Å²) in [6, 6.07) is 8.08. The summed E-state index contributed by atoms with van der Waals surface area (Å²) in [6.45, 7) is 5.19. The minimum Gasteiger partial charge on any atom is -0.494 e. The number of benzene rings is 1. The average Bonchev–Trinajstić information content (AvgIpc) is 3.16. The Bertz CT molecular complexity index is 677. The lowest BCUT2D eigenvalue weighted by atomic mass is 10.1. The van der Waals surface area contributed by atoms with Crippen molar-refractivity contribution in [2.45, 2.75) is 38.8 Å². The second-order valence-electron chi connectivity index (χ2n) is 6.24. The van der Waals surface area contributed by atoms with Gasteiger partial charge in [-0.1, -0.05) is 24.3 Å². The number of hydrogen-bond donors (Lipinski definition) is 2. The quantitative estimate of drug-likeness (QED) is 0.803. The predicted molar refractivity (Wildman–Crippen MR) is 94.6 cm³/mol. The van der Waals surface area contributed by atoms with Gasteiger partial charge in [0, 0.05) is 6.54 Å². The number of nitrogens with zero attached hydrogens (tertiary/aromatic N) is 3. The molecule has 0 unspecified atom stereocenters. The molecule has 1 amide bonds. The van der Waals surface area contributed by atoms with Crippen molar-refractivity contribution in [3.63, 3.8) is 0 Å². The Morgan fingerprint density at radius 1 is 1.32 bits per heavy atom. The van der Waals surface area contributed by atoms with Gasteiger partial charge in [-0.05, 0) is 50.0 Å². The molecule has 25 heavy (non-hydrogen) atoms. The number of nitrogens with one attached hydrogen (secondary N) is 2. The van der Waals surface area contributed by atoms with E-state index in [0.29, 0.717) is 24.9 Å². The zero-order valence-electron chi connectivity index (χ0n) is 14.6.